The molecular formula is C17H21N3O3S2. The molecule has 0 atom stereocenters. The van der Waals surface area contributed by atoms with Gasteiger partial charge in [-0.25, -0.2) is 17.7 Å². The van der Waals surface area contributed by atoms with Gasteiger partial charge in [-0.05, 0) is 25.3 Å². The third kappa shape index (κ3) is 4.45. The number of carbonyl (C=O) groups excluding carboxylic acids is 1. The first-order valence-electron chi connectivity index (χ1n) is 8.18. The molecule has 0 spiro atoms. The first-order chi connectivity index (χ1) is 12.0. The van der Waals surface area contributed by atoms with Gasteiger partial charge >= 0.3 is 0 Å². The molecule has 0 unspecified atom stereocenters. The summed E-state index contributed by atoms with van der Waals surface area (Å²) in [5, 5.41) is 2.99. The molecule has 0 bridgehead atoms. The average molecular weight is 380 g/mol. The molecule has 3 rings (SSSR count). The Morgan fingerprint density at radius 2 is 1.96 bits per heavy atom. The minimum atomic E-state index is -3.33. The van der Waals surface area contributed by atoms with E-state index in [1.807, 2.05) is 37.3 Å². The van der Waals surface area contributed by atoms with Crippen molar-refractivity contribution < 1.29 is 13.2 Å². The van der Waals surface area contributed by atoms with Crippen LogP contribution in [0.2, 0.25) is 0 Å². The Morgan fingerprint density at radius 3 is 2.56 bits per heavy atom. The van der Waals surface area contributed by atoms with Gasteiger partial charge in [0.2, 0.25) is 10.0 Å². The molecule has 2 heterocycles. The largest absolute Gasteiger partial charge is 0.348 e. The predicted octanol–water partition coefficient (Wildman–Crippen LogP) is 2.18. The second-order valence-corrected chi connectivity index (χ2v) is 8.98. The van der Waals surface area contributed by atoms with Gasteiger partial charge in [0.15, 0.2) is 0 Å². The third-order valence-corrected chi connectivity index (χ3v) is 7.10. The molecule has 8 heteroatoms. The van der Waals surface area contributed by atoms with Gasteiger partial charge < -0.3 is 5.32 Å². The lowest BCUT2D eigenvalue weighted by Gasteiger charge is -2.31. The van der Waals surface area contributed by atoms with Crippen LogP contribution < -0.4 is 5.32 Å². The molecule has 1 amide bonds. The number of nitrogens with one attached hydrogen (secondary N) is 1. The van der Waals surface area contributed by atoms with Gasteiger partial charge in [0.05, 0.1) is 17.0 Å². The maximum absolute atomic E-state index is 12.5. The van der Waals surface area contributed by atoms with Crippen LogP contribution in [-0.4, -0.2) is 42.7 Å². The van der Waals surface area contributed by atoms with E-state index in [9.17, 15) is 13.2 Å². The summed E-state index contributed by atoms with van der Waals surface area (Å²) < 4.78 is 26.6. The fraction of sp³-hybridized carbons (Fsp3) is 0.412. The topological polar surface area (TPSA) is 79.4 Å². The van der Waals surface area contributed by atoms with Crippen molar-refractivity contribution in [1.82, 2.24) is 14.6 Å². The Morgan fingerprint density at radius 1 is 1.28 bits per heavy atom. The number of benzene rings is 1. The van der Waals surface area contributed by atoms with Crippen molar-refractivity contribution >= 4 is 27.3 Å². The summed E-state index contributed by atoms with van der Waals surface area (Å²) >= 11 is 1.32. The van der Waals surface area contributed by atoms with E-state index in [1.165, 1.54) is 15.6 Å². The van der Waals surface area contributed by atoms with E-state index >= 15 is 0 Å². The average Bonchev–Trinajstić information content (AvgIpc) is 3.02. The number of rotatable bonds is 5. The highest BCUT2D eigenvalue weighted by Crippen LogP contribution is 2.19. The molecule has 6 nitrogen and oxygen atoms in total. The minimum absolute atomic E-state index is 0.00262. The molecule has 1 aliphatic rings. The van der Waals surface area contributed by atoms with Crippen molar-refractivity contribution in [3.63, 3.8) is 0 Å². The number of aromatic nitrogens is 1. The fourth-order valence-corrected chi connectivity index (χ4v) is 5.19. The summed E-state index contributed by atoms with van der Waals surface area (Å²) in [6.07, 6.45) is 1.25. The fourth-order valence-electron chi connectivity index (χ4n) is 2.93. The van der Waals surface area contributed by atoms with Gasteiger partial charge in [-0.2, -0.15) is 0 Å². The number of nitrogens with zero attached hydrogens (tertiary/aromatic N) is 2. The van der Waals surface area contributed by atoms with Crippen molar-refractivity contribution in [2.24, 2.45) is 0 Å². The SMILES string of the molecule is Cc1ncsc1C(=O)NC1CCN(S(=O)(=O)Cc2ccccc2)CC1. The van der Waals surface area contributed by atoms with Crippen LogP contribution in [0.5, 0.6) is 0 Å². The second-order valence-electron chi connectivity index (χ2n) is 6.16. The van der Waals surface area contributed by atoms with Crippen molar-refractivity contribution in [2.75, 3.05) is 13.1 Å². The summed E-state index contributed by atoms with van der Waals surface area (Å²) in [5.74, 6) is -0.101. The van der Waals surface area contributed by atoms with E-state index in [2.05, 4.69) is 10.3 Å². The van der Waals surface area contributed by atoms with E-state index in [4.69, 9.17) is 0 Å². The molecule has 2 aromatic rings. The van der Waals surface area contributed by atoms with Gasteiger partial charge in [-0.3, -0.25) is 4.79 Å². The van der Waals surface area contributed by atoms with Crippen LogP contribution in [0.25, 0.3) is 0 Å². The van der Waals surface area contributed by atoms with Crippen LogP contribution in [-0.2, 0) is 15.8 Å². The summed E-state index contributed by atoms with van der Waals surface area (Å²) in [5.41, 5.74) is 3.17. The summed E-state index contributed by atoms with van der Waals surface area (Å²) in [7, 11) is -3.33. The highest BCUT2D eigenvalue weighted by atomic mass is 32.2. The van der Waals surface area contributed by atoms with Gasteiger partial charge in [0.25, 0.3) is 5.91 Å². The van der Waals surface area contributed by atoms with Crippen LogP contribution in [0.4, 0.5) is 0 Å². The first-order valence-corrected chi connectivity index (χ1v) is 10.7. The van der Waals surface area contributed by atoms with Crippen LogP contribution in [0.1, 0.15) is 33.8 Å². The molecule has 0 radical (unpaired) electrons. The molecule has 1 N–H and O–H groups in total. The van der Waals surface area contributed by atoms with E-state index < -0.39 is 10.0 Å². The molecule has 0 aliphatic carbocycles. The molecule has 1 aromatic heterocycles. The molecule has 0 saturated carbocycles. The van der Waals surface area contributed by atoms with E-state index in [0.717, 1.165) is 11.3 Å². The molecular weight excluding hydrogens is 358 g/mol. The molecule has 1 aromatic carbocycles. The Bertz CT molecular complexity index is 826. The zero-order chi connectivity index (χ0) is 17.9. The zero-order valence-corrected chi connectivity index (χ0v) is 15.6. The van der Waals surface area contributed by atoms with E-state index in [-0.39, 0.29) is 17.7 Å². The Labute approximate surface area is 151 Å². The van der Waals surface area contributed by atoms with Gasteiger partial charge in [0.1, 0.15) is 4.88 Å². The van der Waals surface area contributed by atoms with Gasteiger partial charge in [0, 0.05) is 19.1 Å². The van der Waals surface area contributed by atoms with E-state index in [1.54, 1.807) is 5.51 Å². The Balaban J connectivity index is 1.54. The lowest BCUT2D eigenvalue weighted by Crippen LogP contribution is -2.46. The second kappa shape index (κ2) is 7.63. The maximum Gasteiger partial charge on any atom is 0.263 e. The lowest BCUT2D eigenvalue weighted by molar-refractivity contribution is 0.0927. The summed E-state index contributed by atoms with van der Waals surface area (Å²) in [6.45, 7) is 2.67. The first kappa shape index (κ1) is 18.0. The molecule has 134 valence electrons. The number of hydrogen-bond donors (Lipinski definition) is 1. The predicted molar refractivity (Wildman–Crippen MR) is 98.0 cm³/mol. The summed E-state index contributed by atoms with van der Waals surface area (Å²) in [4.78, 5) is 17.0. The Kier molecular flexibility index (Phi) is 5.51. The number of thiazole rings is 1. The van der Waals surface area contributed by atoms with Crippen molar-refractivity contribution in [3.05, 3.63) is 52.0 Å². The molecule has 25 heavy (non-hydrogen) atoms. The maximum atomic E-state index is 12.5. The van der Waals surface area contributed by atoms with Crippen molar-refractivity contribution in [3.8, 4) is 0 Å². The normalized spacial score (nSPS) is 16.7. The van der Waals surface area contributed by atoms with Crippen molar-refractivity contribution in [1.29, 1.82) is 0 Å². The monoisotopic (exact) mass is 379 g/mol. The standard InChI is InChI=1S/C17H21N3O3S2/c1-13-16(24-12-18-13)17(21)19-15-7-9-20(10-8-15)25(22,23)11-14-5-3-2-4-6-14/h2-6,12,15H,7-11H2,1H3,(H,19,21). The van der Waals surface area contributed by atoms with Crippen LogP contribution >= 0.6 is 11.3 Å². The minimum Gasteiger partial charge on any atom is -0.348 e. The van der Waals surface area contributed by atoms with Crippen LogP contribution in [0, 0.1) is 6.92 Å². The smallest absolute Gasteiger partial charge is 0.263 e. The Hall–Kier alpha value is -1.77. The number of carbonyl (C=O) groups is 1. The summed E-state index contributed by atoms with van der Waals surface area (Å²) in [6, 6.07) is 9.19. The van der Waals surface area contributed by atoms with Crippen LogP contribution in [0.3, 0.4) is 0 Å². The number of aryl methyl sites for hydroxylation is 1. The highest BCUT2D eigenvalue weighted by Gasteiger charge is 2.29. The zero-order valence-electron chi connectivity index (χ0n) is 14.0. The van der Waals surface area contributed by atoms with E-state index in [0.29, 0.717) is 30.8 Å². The third-order valence-electron chi connectivity index (χ3n) is 4.33. The molecule has 1 saturated heterocycles. The highest BCUT2D eigenvalue weighted by molar-refractivity contribution is 7.88. The van der Waals surface area contributed by atoms with Gasteiger partial charge in [-0.1, -0.05) is 30.3 Å². The van der Waals surface area contributed by atoms with Crippen LogP contribution in [0.15, 0.2) is 35.8 Å². The molecule has 1 fully saturated rings. The number of sulfonamides is 1. The van der Waals surface area contributed by atoms with Gasteiger partial charge in [-0.15, -0.1) is 11.3 Å². The lowest BCUT2D eigenvalue weighted by atomic mass is 10.1. The number of hydrogen-bond acceptors (Lipinski definition) is 5. The number of piperidine rings is 1. The molecule has 1 aliphatic heterocycles. The number of amides is 1. The quantitative estimate of drug-likeness (QED) is 0.863. The van der Waals surface area contributed by atoms with Crippen molar-refractivity contribution in [2.45, 2.75) is 31.6 Å².